The summed E-state index contributed by atoms with van der Waals surface area (Å²) in [5.74, 6) is 0. The van der Waals surface area contributed by atoms with Gasteiger partial charge in [-0.15, -0.1) is 0 Å². The van der Waals surface area contributed by atoms with Crippen LogP contribution in [0.1, 0.15) is 0 Å². The quantitative estimate of drug-likeness (QED) is 0.172. The average Bonchev–Trinajstić information content (AvgIpc) is 3.54. The Morgan fingerprint density at radius 1 is 0.347 bits per heavy atom. The molecular weight excluding hydrogens is 662 g/mol. The molecule has 8 aromatic carbocycles. The first kappa shape index (κ1) is 29.3. The molecule has 1 aromatic heterocycles. The number of hydrogen-bond donors (Lipinski definition) is 0. The first-order chi connectivity index (χ1) is 24.2. The Morgan fingerprint density at radius 2 is 0.898 bits per heavy atom. The van der Waals surface area contributed by atoms with Gasteiger partial charge < -0.3 is 9.32 Å². The van der Waals surface area contributed by atoms with Crippen LogP contribution in [-0.2, 0) is 0 Å². The normalized spacial score (nSPS) is 11.4. The van der Waals surface area contributed by atoms with Gasteiger partial charge in [-0.2, -0.15) is 0 Å². The zero-order chi connectivity index (χ0) is 32.7. The highest BCUT2D eigenvalue weighted by molar-refractivity contribution is 9.10. The van der Waals surface area contributed by atoms with E-state index in [-0.39, 0.29) is 0 Å². The molecule has 0 spiro atoms. The van der Waals surface area contributed by atoms with Gasteiger partial charge in [0.25, 0.3) is 0 Å². The fourth-order valence-corrected chi connectivity index (χ4v) is 7.32. The molecule has 0 bridgehead atoms. The second kappa shape index (κ2) is 12.3. The SMILES string of the molecule is Brc1cc(-c2ccc(-c3ccc(N(c4ccccc4)c4ccc5ccccc5c4)cc3)cc2)cc(-c2ccc3oc4ccccc4c3c2)c1. The molecule has 0 aliphatic carbocycles. The lowest BCUT2D eigenvalue weighted by Gasteiger charge is -2.26. The summed E-state index contributed by atoms with van der Waals surface area (Å²) in [6.45, 7) is 0. The minimum atomic E-state index is 0.908. The highest BCUT2D eigenvalue weighted by atomic mass is 79.9. The van der Waals surface area contributed by atoms with Gasteiger partial charge in [-0.3, -0.25) is 0 Å². The van der Waals surface area contributed by atoms with Gasteiger partial charge in [0.2, 0.25) is 0 Å². The van der Waals surface area contributed by atoms with Crippen LogP contribution in [0.15, 0.2) is 191 Å². The Bertz CT molecular complexity index is 2600. The molecule has 2 nitrogen and oxygen atoms in total. The van der Waals surface area contributed by atoms with Gasteiger partial charge in [0.15, 0.2) is 0 Å². The highest BCUT2D eigenvalue weighted by Gasteiger charge is 2.14. The van der Waals surface area contributed by atoms with E-state index in [1.807, 2.05) is 12.1 Å². The van der Waals surface area contributed by atoms with Crippen molar-refractivity contribution in [3.05, 3.63) is 186 Å². The first-order valence-electron chi connectivity index (χ1n) is 16.4. The molecule has 0 aliphatic rings. The Hall–Kier alpha value is -5.90. The van der Waals surface area contributed by atoms with Crippen LogP contribution in [0.25, 0.3) is 66.1 Å². The van der Waals surface area contributed by atoms with Crippen LogP contribution in [0.5, 0.6) is 0 Å². The minimum absolute atomic E-state index is 0.908. The van der Waals surface area contributed by atoms with E-state index in [0.29, 0.717) is 0 Å². The zero-order valence-electron chi connectivity index (χ0n) is 26.6. The maximum absolute atomic E-state index is 6.07. The number of furan rings is 1. The molecule has 49 heavy (non-hydrogen) atoms. The van der Waals surface area contributed by atoms with Gasteiger partial charge in [-0.25, -0.2) is 0 Å². The van der Waals surface area contributed by atoms with Crippen LogP contribution in [0.2, 0.25) is 0 Å². The molecule has 0 fully saturated rings. The molecule has 0 atom stereocenters. The topological polar surface area (TPSA) is 16.4 Å². The molecule has 0 saturated heterocycles. The van der Waals surface area contributed by atoms with Gasteiger partial charge in [0.05, 0.1) is 0 Å². The maximum Gasteiger partial charge on any atom is 0.135 e. The van der Waals surface area contributed by atoms with Crippen molar-refractivity contribution in [2.45, 2.75) is 0 Å². The first-order valence-corrected chi connectivity index (χ1v) is 17.2. The van der Waals surface area contributed by atoms with Crippen LogP contribution < -0.4 is 4.90 Å². The zero-order valence-corrected chi connectivity index (χ0v) is 28.1. The number of halogens is 1. The lowest BCUT2D eigenvalue weighted by atomic mass is 9.96. The lowest BCUT2D eigenvalue weighted by molar-refractivity contribution is 0.669. The van der Waals surface area contributed by atoms with Gasteiger partial charge in [0, 0.05) is 32.3 Å². The summed E-state index contributed by atoms with van der Waals surface area (Å²) < 4.78 is 7.12. The summed E-state index contributed by atoms with van der Waals surface area (Å²) in [6.07, 6.45) is 0. The van der Waals surface area contributed by atoms with Crippen LogP contribution in [0, 0.1) is 0 Å². The third-order valence-electron chi connectivity index (χ3n) is 9.29. The summed E-state index contributed by atoms with van der Waals surface area (Å²) in [7, 11) is 0. The number of fused-ring (bicyclic) bond motifs is 4. The van der Waals surface area contributed by atoms with E-state index in [1.165, 1.54) is 27.5 Å². The molecule has 9 rings (SSSR count). The molecule has 1 heterocycles. The van der Waals surface area contributed by atoms with Crippen molar-refractivity contribution >= 4 is 65.7 Å². The second-order valence-corrected chi connectivity index (χ2v) is 13.3. The van der Waals surface area contributed by atoms with E-state index in [1.54, 1.807) is 0 Å². The molecule has 0 aliphatic heterocycles. The standard InChI is InChI=1S/C46H30BrNO/c47-39-27-37(26-38(28-39)36-21-25-46-44(30-36)43-12-6-7-13-45(43)49-46)34-16-14-32(15-17-34)33-18-22-41(23-19-33)48(40-10-2-1-3-11-40)42-24-20-31-8-4-5-9-35(31)29-42/h1-30H. The number of nitrogens with zero attached hydrogens (tertiary/aromatic N) is 1. The van der Waals surface area contributed by atoms with E-state index in [2.05, 4.69) is 191 Å². The molecule has 9 aromatic rings. The smallest absolute Gasteiger partial charge is 0.135 e. The maximum atomic E-state index is 6.07. The summed E-state index contributed by atoms with van der Waals surface area (Å²) in [4.78, 5) is 2.32. The average molecular weight is 693 g/mol. The van der Waals surface area contributed by atoms with Gasteiger partial charge in [0.1, 0.15) is 11.2 Å². The van der Waals surface area contributed by atoms with Crippen LogP contribution >= 0.6 is 15.9 Å². The van der Waals surface area contributed by atoms with Crippen LogP contribution in [-0.4, -0.2) is 0 Å². The predicted octanol–water partition coefficient (Wildman–Crippen LogP) is 14.0. The number of para-hydroxylation sites is 2. The molecule has 0 unspecified atom stereocenters. The predicted molar refractivity (Wildman–Crippen MR) is 210 cm³/mol. The fraction of sp³-hybridized carbons (Fsp3) is 0. The molecule has 0 radical (unpaired) electrons. The molecule has 3 heteroatoms. The molecule has 0 saturated carbocycles. The number of anilines is 3. The molecule has 232 valence electrons. The number of rotatable bonds is 6. The van der Waals surface area contributed by atoms with Crippen molar-refractivity contribution in [1.29, 1.82) is 0 Å². The van der Waals surface area contributed by atoms with E-state index < -0.39 is 0 Å². The third kappa shape index (κ3) is 5.58. The Morgan fingerprint density at radius 3 is 1.67 bits per heavy atom. The van der Waals surface area contributed by atoms with Gasteiger partial charge >= 0.3 is 0 Å². The van der Waals surface area contributed by atoms with Crippen molar-refractivity contribution < 1.29 is 4.42 Å². The fourth-order valence-electron chi connectivity index (χ4n) is 6.83. The summed E-state index contributed by atoms with van der Waals surface area (Å²) in [6, 6.07) is 64.8. The number of benzene rings is 8. The largest absolute Gasteiger partial charge is 0.456 e. The monoisotopic (exact) mass is 691 g/mol. The summed E-state index contributed by atoms with van der Waals surface area (Å²) in [5, 5.41) is 4.73. The van der Waals surface area contributed by atoms with E-state index in [4.69, 9.17) is 4.42 Å². The van der Waals surface area contributed by atoms with Crippen LogP contribution in [0.4, 0.5) is 17.1 Å². The molecule has 0 N–H and O–H groups in total. The molecular formula is C46H30BrNO. The number of hydrogen-bond acceptors (Lipinski definition) is 2. The lowest BCUT2D eigenvalue weighted by Crippen LogP contribution is -2.09. The van der Waals surface area contributed by atoms with E-state index in [9.17, 15) is 0 Å². The Kier molecular flexibility index (Phi) is 7.33. The van der Waals surface area contributed by atoms with Crippen molar-refractivity contribution in [2.75, 3.05) is 4.90 Å². The van der Waals surface area contributed by atoms with Gasteiger partial charge in [-0.05, 0) is 117 Å². The summed E-state index contributed by atoms with van der Waals surface area (Å²) in [5.41, 5.74) is 12.2. The van der Waals surface area contributed by atoms with Crippen molar-refractivity contribution in [3.8, 4) is 33.4 Å². The second-order valence-electron chi connectivity index (χ2n) is 12.4. The Labute approximate surface area is 293 Å². The highest BCUT2D eigenvalue weighted by Crippen LogP contribution is 2.38. The van der Waals surface area contributed by atoms with Crippen molar-refractivity contribution in [2.24, 2.45) is 0 Å². The van der Waals surface area contributed by atoms with E-state index >= 15 is 0 Å². The van der Waals surface area contributed by atoms with Gasteiger partial charge in [-0.1, -0.05) is 125 Å². The minimum Gasteiger partial charge on any atom is -0.456 e. The van der Waals surface area contributed by atoms with Crippen molar-refractivity contribution in [3.63, 3.8) is 0 Å². The third-order valence-corrected chi connectivity index (χ3v) is 9.75. The Balaban J connectivity index is 1.01. The van der Waals surface area contributed by atoms with Crippen molar-refractivity contribution in [1.82, 2.24) is 0 Å². The summed E-state index contributed by atoms with van der Waals surface area (Å²) >= 11 is 3.78. The molecule has 0 amide bonds. The van der Waals surface area contributed by atoms with E-state index in [0.717, 1.165) is 60.2 Å². The van der Waals surface area contributed by atoms with Crippen LogP contribution in [0.3, 0.4) is 0 Å².